The predicted octanol–water partition coefficient (Wildman–Crippen LogP) is 6.05. The lowest BCUT2D eigenvalue weighted by atomic mass is 10.0. The summed E-state index contributed by atoms with van der Waals surface area (Å²) in [4.78, 5) is 12.2. The number of aryl methyl sites for hydroxylation is 1. The van der Waals surface area contributed by atoms with Crippen LogP contribution in [0.5, 0.6) is 0 Å². The standard InChI is InChI=1S/C27H24N2O/c1-2-6-18-12-14-22-25(16-18)29(24-10-5-9-23(26(22)24)27(28)30)17-19-11-13-20-7-3-4-8-21(20)15-19/h3-5,7-16H,2,6,17H2,1H3,(H2,28,30). The molecule has 0 bridgehead atoms. The Balaban J connectivity index is 1.76. The molecule has 148 valence electrons. The first-order valence-corrected chi connectivity index (χ1v) is 10.5. The predicted molar refractivity (Wildman–Crippen MR) is 125 cm³/mol. The van der Waals surface area contributed by atoms with Crippen LogP contribution in [-0.4, -0.2) is 10.5 Å². The topological polar surface area (TPSA) is 48.0 Å². The highest BCUT2D eigenvalue weighted by molar-refractivity contribution is 6.18. The fourth-order valence-corrected chi connectivity index (χ4v) is 4.53. The highest BCUT2D eigenvalue weighted by Crippen LogP contribution is 2.33. The van der Waals surface area contributed by atoms with Crippen LogP contribution in [0.1, 0.15) is 34.8 Å². The molecule has 0 radical (unpaired) electrons. The Bertz CT molecular complexity index is 1410. The number of nitrogens with two attached hydrogens (primary N) is 1. The average molecular weight is 393 g/mol. The van der Waals surface area contributed by atoms with Gasteiger partial charge in [-0.05, 0) is 52.6 Å². The van der Waals surface area contributed by atoms with Crippen LogP contribution in [-0.2, 0) is 13.0 Å². The number of benzene rings is 4. The van der Waals surface area contributed by atoms with Crippen molar-refractivity contribution >= 4 is 38.5 Å². The fourth-order valence-electron chi connectivity index (χ4n) is 4.53. The highest BCUT2D eigenvalue weighted by Gasteiger charge is 2.17. The molecule has 1 aromatic heterocycles. The first-order valence-electron chi connectivity index (χ1n) is 10.5. The first kappa shape index (κ1) is 18.4. The number of hydrogen-bond donors (Lipinski definition) is 1. The number of nitrogens with zero attached hydrogens (tertiary/aromatic N) is 1. The Morgan fingerprint density at radius 1 is 0.833 bits per heavy atom. The molecule has 4 aromatic carbocycles. The summed E-state index contributed by atoms with van der Waals surface area (Å²) < 4.78 is 2.32. The van der Waals surface area contributed by atoms with E-state index in [2.05, 4.69) is 78.2 Å². The van der Waals surface area contributed by atoms with Gasteiger partial charge in [-0.25, -0.2) is 0 Å². The fraction of sp³-hybridized carbons (Fsp3) is 0.148. The van der Waals surface area contributed by atoms with E-state index in [1.54, 1.807) is 0 Å². The van der Waals surface area contributed by atoms with Gasteiger partial charge in [0.05, 0.1) is 5.52 Å². The van der Waals surface area contributed by atoms with Gasteiger partial charge in [0.1, 0.15) is 0 Å². The quantitative estimate of drug-likeness (QED) is 0.389. The van der Waals surface area contributed by atoms with E-state index in [0.29, 0.717) is 5.56 Å². The van der Waals surface area contributed by atoms with Gasteiger partial charge in [0, 0.05) is 28.4 Å². The number of carbonyl (C=O) groups excluding carboxylic acids is 1. The van der Waals surface area contributed by atoms with Gasteiger partial charge in [-0.15, -0.1) is 0 Å². The minimum Gasteiger partial charge on any atom is -0.366 e. The van der Waals surface area contributed by atoms with Crippen molar-refractivity contribution in [1.82, 2.24) is 4.57 Å². The first-order chi connectivity index (χ1) is 14.7. The zero-order valence-electron chi connectivity index (χ0n) is 17.1. The monoisotopic (exact) mass is 392 g/mol. The van der Waals surface area contributed by atoms with Gasteiger partial charge in [-0.2, -0.15) is 0 Å². The number of rotatable bonds is 5. The summed E-state index contributed by atoms with van der Waals surface area (Å²) in [5.74, 6) is -0.386. The minimum atomic E-state index is -0.386. The molecule has 3 nitrogen and oxygen atoms in total. The third kappa shape index (κ3) is 3.03. The molecule has 0 saturated heterocycles. The molecule has 0 aliphatic rings. The molecule has 0 spiro atoms. The number of fused-ring (bicyclic) bond motifs is 4. The van der Waals surface area contributed by atoms with Gasteiger partial charge >= 0.3 is 0 Å². The highest BCUT2D eigenvalue weighted by atomic mass is 16.1. The molecule has 1 heterocycles. The van der Waals surface area contributed by atoms with E-state index in [0.717, 1.165) is 41.2 Å². The molecule has 0 aliphatic heterocycles. The number of carbonyl (C=O) groups is 1. The van der Waals surface area contributed by atoms with Gasteiger partial charge in [0.2, 0.25) is 5.91 Å². The molecular formula is C27H24N2O. The maximum absolute atomic E-state index is 12.2. The van der Waals surface area contributed by atoms with Crippen LogP contribution in [0.15, 0.2) is 78.9 Å². The Morgan fingerprint density at radius 2 is 1.63 bits per heavy atom. The average Bonchev–Trinajstić information content (AvgIpc) is 3.07. The van der Waals surface area contributed by atoms with Crippen LogP contribution in [0.4, 0.5) is 0 Å². The van der Waals surface area contributed by atoms with Gasteiger partial charge in [-0.3, -0.25) is 4.79 Å². The molecule has 5 rings (SSSR count). The molecule has 0 aliphatic carbocycles. The van der Waals surface area contributed by atoms with Crippen LogP contribution in [0.25, 0.3) is 32.6 Å². The molecule has 1 amide bonds. The van der Waals surface area contributed by atoms with Gasteiger partial charge in [0.15, 0.2) is 0 Å². The van der Waals surface area contributed by atoms with E-state index in [1.807, 2.05) is 12.1 Å². The largest absolute Gasteiger partial charge is 0.366 e. The molecule has 0 fully saturated rings. The van der Waals surface area contributed by atoms with Crippen molar-refractivity contribution in [3.05, 3.63) is 95.6 Å². The third-order valence-electron chi connectivity index (χ3n) is 5.91. The van der Waals surface area contributed by atoms with Gasteiger partial charge < -0.3 is 10.3 Å². The van der Waals surface area contributed by atoms with E-state index in [-0.39, 0.29) is 5.91 Å². The normalized spacial score (nSPS) is 11.5. The van der Waals surface area contributed by atoms with Crippen molar-refractivity contribution in [3.8, 4) is 0 Å². The van der Waals surface area contributed by atoms with Crippen molar-refractivity contribution < 1.29 is 4.79 Å². The third-order valence-corrected chi connectivity index (χ3v) is 5.91. The SMILES string of the molecule is CCCc1ccc2c3c(C(N)=O)cccc3n(Cc3ccc4ccccc4c3)c2c1. The van der Waals surface area contributed by atoms with E-state index >= 15 is 0 Å². The van der Waals surface area contributed by atoms with E-state index in [9.17, 15) is 4.79 Å². The van der Waals surface area contributed by atoms with Crippen LogP contribution >= 0.6 is 0 Å². The van der Waals surface area contributed by atoms with Crippen molar-refractivity contribution in [2.45, 2.75) is 26.3 Å². The second-order valence-electron chi connectivity index (χ2n) is 7.93. The molecule has 0 atom stereocenters. The van der Waals surface area contributed by atoms with Gasteiger partial charge in [0.25, 0.3) is 0 Å². The molecule has 30 heavy (non-hydrogen) atoms. The van der Waals surface area contributed by atoms with E-state index < -0.39 is 0 Å². The second kappa shape index (κ2) is 7.34. The summed E-state index contributed by atoms with van der Waals surface area (Å²) in [6.45, 7) is 2.93. The molecule has 2 N–H and O–H groups in total. The van der Waals surface area contributed by atoms with Crippen LogP contribution in [0.2, 0.25) is 0 Å². The van der Waals surface area contributed by atoms with E-state index in [1.165, 1.54) is 21.9 Å². The lowest BCUT2D eigenvalue weighted by molar-refractivity contribution is 0.100. The van der Waals surface area contributed by atoms with Crippen LogP contribution < -0.4 is 5.73 Å². The van der Waals surface area contributed by atoms with Crippen molar-refractivity contribution in [2.75, 3.05) is 0 Å². The number of amides is 1. The summed E-state index contributed by atoms with van der Waals surface area (Å²) in [6.07, 6.45) is 2.14. The lowest BCUT2D eigenvalue weighted by Crippen LogP contribution is -2.11. The number of aromatic nitrogens is 1. The summed E-state index contributed by atoms with van der Waals surface area (Å²) in [5.41, 5.74) is 11.0. The maximum Gasteiger partial charge on any atom is 0.249 e. The van der Waals surface area contributed by atoms with Crippen molar-refractivity contribution in [3.63, 3.8) is 0 Å². The Labute approximate surface area is 175 Å². The molecular weight excluding hydrogens is 368 g/mol. The van der Waals surface area contributed by atoms with Crippen LogP contribution in [0, 0.1) is 0 Å². The second-order valence-corrected chi connectivity index (χ2v) is 7.93. The Morgan fingerprint density at radius 3 is 2.43 bits per heavy atom. The smallest absolute Gasteiger partial charge is 0.249 e. The van der Waals surface area contributed by atoms with Crippen LogP contribution in [0.3, 0.4) is 0 Å². The summed E-state index contributed by atoms with van der Waals surface area (Å²) in [7, 11) is 0. The number of primary amides is 1. The maximum atomic E-state index is 12.2. The van der Waals surface area contributed by atoms with Crippen molar-refractivity contribution in [1.29, 1.82) is 0 Å². The molecule has 5 aromatic rings. The van der Waals surface area contributed by atoms with E-state index in [4.69, 9.17) is 5.73 Å². The van der Waals surface area contributed by atoms with Gasteiger partial charge in [-0.1, -0.05) is 67.9 Å². The zero-order valence-corrected chi connectivity index (χ0v) is 17.1. The molecule has 0 saturated carbocycles. The summed E-state index contributed by atoms with van der Waals surface area (Å²) in [5, 5.41) is 4.51. The van der Waals surface area contributed by atoms with Crippen molar-refractivity contribution in [2.24, 2.45) is 5.73 Å². The summed E-state index contributed by atoms with van der Waals surface area (Å²) >= 11 is 0. The molecule has 0 unspecified atom stereocenters. The molecule has 3 heteroatoms. The lowest BCUT2D eigenvalue weighted by Gasteiger charge is -2.10. The summed E-state index contributed by atoms with van der Waals surface area (Å²) in [6, 6.07) is 27.5. The number of hydrogen-bond acceptors (Lipinski definition) is 1. The Kier molecular flexibility index (Phi) is 4.51. The zero-order chi connectivity index (χ0) is 20.7. The Hall–Kier alpha value is -3.59. The minimum absolute atomic E-state index is 0.386.